The number of nitrogens with zero attached hydrogens (tertiary/aromatic N) is 2. The Balaban J connectivity index is 2.02. The van der Waals surface area contributed by atoms with Gasteiger partial charge in [-0.3, -0.25) is 14.5 Å². The van der Waals surface area contributed by atoms with Crippen molar-refractivity contribution in [3.8, 4) is 5.75 Å². The van der Waals surface area contributed by atoms with Crippen molar-refractivity contribution >= 4 is 39.7 Å². The molecular formula is C20H17FN4O3S. The maximum Gasteiger partial charge on any atom is 0.265 e. The number of rotatable bonds is 7. The van der Waals surface area contributed by atoms with Crippen molar-refractivity contribution in [1.29, 1.82) is 0 Å². The van der Waals surface area contributed by atoms with Crippen LogP contribution in [0.4, 0.5) is 21.0 Å². The summed E-state index contributed by atoms with van der Waals surface area (Å²) in [4.78, 5) is 30.3. The Morgan fingerprint density at radius 2 is 1.76 bits per heavy atom. The van der Waals surface area contributed by atoms with Crippen LogP contribution >= 0.6 is 11.3 Å². The lowest BCUT2D eigenvalue weighted by Gasteiger charge is -2.22. The number of nitrogens with two attached hydrogens (primary N) is 2. The molecule has 1 amide bonds. The van der Waals surface area contributed by atoms with Crippen LogP contribution in [0.3, 0.4) is 0 Å². The molecule has 0 spiro atoms. The Morgan fingerprint density at radius 3 is 2.31 bits per heavy atom. The maximum atomic E-state index is 13.3. The van der Waals surface area contributed by atoms with Gasteiger partial charge in [0.25, 0.3) is 5.91 Å². The minimum Gasteiger partial charge on any atom is -0.497 e. The molecule has 1 heterocycles. The van der Waals surface area contributed by atoms with Gasteiger partial charge in [0.15, 0.2) is 5.13 Å². The number of hydrogen-bond donors (Lipinski definition) is 2. The van der Waals surface area contributed by atoms with Gasteiger partial charge in [0.05, 0.1) is 7.11 Å². The monoisotopic (exact) mass is 412 g/mol. The zero-order valence-corrected chi connectivity index (χ0v) is 16.2. The predicted octanol–water partition coefficient (Wildman–Crippen LogP) is 3.24. The topological polar surface area (TPSA) is 112 Å². The number of carbonyl (C=O) groups excluding carboxylic acids is 2. The SMILES string of the molecule is C=C(C(N)=O)N(c1ccc(F)cc1)c1nc(N)c(C(=O)c2ccc(OC)cc2)s1. The molecule has 0 bridgehead atoms. The van der Waals surface area contributed by atoms with E-state index in [-0.39, 0.29) is 27.3 Å². The minimum atomic E-state index is -0.800. The van der Waals surface area contributed by atoms with Crippen molar-refractivity contribution in [1.82, 2.24) is 4.98 Å². The first kappa shape index (κ1) is 20.0. The van der Waals surface area contributed by atoms with Gasteiger partial charge in [0.1, 0.15) is 28.0 Å². The highest BCUT2D eigenvalue weighted by Gasteiger charge is 2.25. The van der Waals surface area contributed by atoms with E-state index in [1.807, 2.05) is 0 Å². The molecule has 1 aromatic heterocycles. The quantitative estimate of drug-likeness (QED) is 0.455. The Morgan fingerprint density at radius 1 is 1.14 bits per heavy atom. The third-order valence-corrected chi connectivity index (χ3v) is 5.09. The third-order valence-electron chi connectivity index (χ3n) is 4.03. The lowest BCUT2D eigenvalue weighted by molar-refractivity contribution is -0.114. The summed E-state index contributed by atoms with van der Waals surface area (Å²) in [6.07, 6.45) is 0. The third kappa shape index (κ3) is 4.09. The van der Waals surface area contributed by atoms with E-state index in [2.05, 4.69) is 11.6 Å². The van der Waals surface area contributed by atoms with Gasteiger partial charge in [-0.25, -0.2) is 9.37 Å². The van der Waals surface area contributed by atoms with Crippen LogP contribution in [0.2, 0.25) is 0 Å². The lowest BCUT2D eigenvalue weighted by Crippen LogP contribution is -2.27. The zero-order valence-electron chi connectivity index (χ0n) is 15.4. The van der Waals surface area contributed by atoms with Gasteiger partial charge in [0, 0.05) is 11.3 Å². The average molecular weight is 412 g/mol. The fourth-order valence-electron chi connectivity index (χ4n) is 2.53. The summed E-state index contributed by atoms with van der Waals surface area (Å²) in [5, 5.41) is 0.203. The molecule has 4 N–H and O–H groups in total. The first-order valence-electron chi connectivity index (χ1n) is 8.31. The number of methoxy groups -OCH3 is 1. The van der Waals surface area contributed by atoms with Gasteiger partial charge in [0.2, 0.25) is 5.78 Å². The van der Waals surface area contributed by atoms with E-state index in [9.17, 15) is 14.0 Å². The highest BCUT2D eigenvalue weighted by Crippen LogP contribution is 2.36. The minimum absolute atomic E-state index is 0.00444. The number of amides is 1. The molecule has 148 valence electrons. The molecule has 0 saturated heterocycles. The molecule has 0 aliphatic heterocycles. The van der Waals surface area contributed by atoms with E-state index < -0.39 is 11.7 Å². The number of aromatic nitrogens is 1. The largest absolute Gasteiger partial charge is 0.497 e. The van der Waals surface area contributed by atoms with Crippen LogP contribution < -0.4 is 21.1 Å². The summed E-state index contributed by atoms with van der Waals surface area (Å²) in [5.74, 6) is -0.980. The molecule has 3 rings (SSSR count). The molecule has 0 saturated carbocycles. The normalized spacial score (nSPS) is 10.4. The summed E-state index contributed by atoms with van der Waals surface area (Å²) in [6, 6.07) is 11.8. The van der Waals surface area contributed by atoms with Gasteiger partial charge in [-0.15, -0.1) is 0 Å². The fourth-order valence-corrected chi connectivity index (χ4v) is 3.53. The molecular weight excluding hydrogens is 395 g/mol. The number of nitrogen functional groups attached to an aromatic ring is 1. The second-order valence-electron chi connectivity index (χ2n) is 5.89. The van der Waals surface area contributed by atoms with Crippen molar-refractivity contribution < 1.29 is 18.7 Å². The molecule has 29 heavy (non-hydrogen) atoms. The molecule has 0 atom stereocenters. The number of carbonyl (C=O) groups is 2. The van der Waals surface area contributed by atoms with E-state index in [1.165, 1.54) is 36.3 Å². The highest BCUT2D eigenvalue weighted by molar-refractivity contribution is 7.18. The van der Waals surface area contributed by atoms with Crippen molar-refractivity contribution in [3.05, 3.63) is 77.1 Å². The van der Waals surface area contributed by atoms with Crippen molar-refractivity contribution in [3.63, 3.8) is 0 Å². The molecule has 2 aromatic carbocycles. The Kier molecular flexibility index (Phi) is 5.60. The van der Waals surface area contributed by atoms with Crippen molar-refractivity contribution in [2.24, 2.45) is 5.73 Å². The van der Waals surface area contributed by atoms with Crippen LogP contribution in [0.1, 0.15) is 15.2 Å². The second kappa shape index (κ2) is 8.11. The molecule has 0 unspecified atom stereocenters. The Hall–Kier alpha value is -3.72. The van der Waals surface area contributed by atoms with Gasteiger partial charge >= 0.3 is 0 Å². The highest BCUT2D eigenvalue weighted by atomic mass is 32.1. The first-order chi connectivity index (χ1) is 13.8. The van der Waals surface area contributed by atoms with Gasteiger partial charge < -0.3 is 16.2 Å². The van der Waals surface area contributed by atoms with E-state index in [0.29, 0.717) is 17.0 Å². The van der Waals surface area contributed by atoms with Gasteiger partial charge in [-0.2, -0.15) is 0 Å². The van der Waals surface area contributed by atoms with Crippen LogP contribution in [-0.4, -0.2) is 23.8 Å². The number of hydrogen-bond acceptors (Lipinski definition) is 7. The lowest BCUT2D eigenvalue weighted by atomic mass is 10.1. The number of halogens is 1. The maximum absolute atomic E-state index is 13.3. The standard InChI is InChI=1S/C20H17FN4O3S/c1-11(19(23)27)25(14-7-5-13(21)6-8-14)20-24-18(22)17(29-20)16(26)12-3-9-15(28-2)10-4-12/h3-10H,1,22H2,2H3,(H2,23,27). The smallest absolute Gasteiger partial charge is 0.265 e. The molecule has 0 radical (unpaired) electrons. The number of thiazole rings is 1. The molecule has 9 heteroatoms. The molecule has 3 aromatic rings. The summed E-state index contributed by atoms with van der Waals surface area (Å²) in [7, 11) is 1.53. The van der Waals surface area contributed by atoms with Crippen LogP contribution in [0.25, 0.3) is 0 Å². The summed E-state index contributed by atoms with van der Waals surface area (Å²) >= 11 is 0.972. The number of ketones is 1. The number of primary amides is 1. The van der Waals surface area contributed by atoms with Crippen LogP contribution in [0.5, 0.6) is 5.75 Å². The number of ether oxygens (including phenoxy) is 1. The van der Waals surface area contributed by atoms with E-state index in [0.717, 1.165) is 11.3 Å². The average Bonchev–Trinajstić information content (AvgIpc) is 3.10. The zero-order chi connectivity index (χ0) is 21.1. The summed E-state index contributed by atoms with van der Waals surface area (Å²) < 4.78 is 18.4. The number of anilines is 3. The molecule has 0 aliphatic rings. The molecule has 0 aliphatic carbocycles. The van der Waals surface area contributed by atoms with E-state index in [1.54, 1.807) is 24.3 Å². The fraction of sp³-hybridized carbons (Fsp3) is 0.0500. The summed E-state index contributed by atoms with van der Waals surface area (Å²) in [6.45, 7) is 3.68. The summed E-state index contributed by atoms with van der Waals surface area (Å²) in [5.41, 5.74) is 12.0. The van der Waals surface area contributed by atoms with Gasteiger partial charge in [-0.1, -0.05) is 17.9 Å². The number of benzene rings is 2. The first-order valence-corrected chi connectivity index (χ1v) is 9.13. The van der Waals surface area contributed by atoms with E-state index >= 15 is 0 Å². The predicted molar refractivity (Wildman–Crippen MR) is 110 cm³/mol. The van der Waals surface area contributed by atoms with Crippen LogP contribution in [0, 0.1) is 5.82 Å². The van der Waals surface area contributed by atoms with Crippen LogP contribution in [-0.2, 0) is 4.79 Å². The van der Waals surface area contributed by atoms with E-state index in [4.69, 9.17) is 16.2 Å². The van der Waals surface area contributed by atoms with Gasteiger partial charge in [-0.05, 0) is 48.5 Å². The Bertz CT molecular complexity index is 1080. The molecule has 7 nitrogen and oxygen atoms in total. The van der Waals surface area contributed by atoms with Crippen LogP contribution in [0.15, 0.2) is 60.8 Å². The second-order valence-corrected chi connectivity index (χ2v) is 6.87. The Labute approximate surface area is 170 Å². The van der Waals surface area contributed by atoms with Crippen molar-refractivity contribution in [2.45, 2.75) is 0 Å². The van der Waals surface area contributed by atoms with Crippen molar-refractivity contribution in [2.75, 3.05) is 17.7 Å². The molecule has 0 fully saturated rings.